The maximum atomic E-state index is 12.4. The molecule has 1 aromatic carbocycles. The fourth-order valence-electron chi connectivity index (χ4n) is 2.42. The Labute approximate surface area is 153 Å². The van der Waals surface area contributed by atoms with Gasteiger partial charge in [0.05, 0.1) is 18.9 Å². The average Bonchev–Trinajstić information content (AvgIpc) is 3.19. The second-order valence-electron chi connectivity index (χ2n) is 5.16. The van der Waals surface area contributed by atoms with Gasteiger partial charge in [-0.15, -0.1) is 0 Å². The van der Waals surface area contributed by atoms with Crippen molar-refractivity contribution in [1.29, 1.82) is 0 Å². The van der Waals surface area contributed by atoms with Gasteiger partial charge >= 0.3 is 11.9 Å². The Morgan fingerprint density at radius 3 is 2.92 bits per heavy atom. The molecule has 0 radical (unpaired) electrons. The summed E-state index contributed by atoms with van der Waals surface area (Å²) in [6, 6.07) is 4.95. The van der Waals surface area contributed by atoms with Crippen LogP contribution >= 0.6 is 23.5 Å². The maximum absolute atomic E-state index is 12.4. The predicted molar refractivity (Wildman–Crippen MR) is 99.5 cm³/mol. The van der Waals surface area contributed by atoms with Crippen molar-refractivity contribution < 1.29 is 23.5 Å². The number of thioether (sulfide) groups is 2. The minimum atomic E-state index is -0.446. The zero-order chi connectivity index (χ0) is 17.8. The molecule has 0 saturated heterocycles. The van der Waals surface area contributed by atoms with E-state index in [1.807, 2.05) is 0 Å². The Hall–Kier alpha value is -1.93. The summed E-state index contributed by atoms with van der Waals surface area (Å²) in [6.45, 7) is 4.17. The van der Waals surface area contributed by atoms with Crippen molar-refractivity contribution in [3.63, 3.8) is 0 Å². The number of carbonyl (C=O) groups excluding carboxylic acids is 2. The van der Waals surface area contributed by atoms with Gasteiger partial charge in [0.2, 0.25) is 0 Å². The Morgan fingerprint density at radius 1 is 1.40 bits per heavy atom. The van der Waals surface area contributed by atoms with Gasteiger partial charge in [-0.25, -0.2) is 4.79 Å². The van der Waals surface area contributed by atoms with E-state index in [1.165, 1.54) is 6.92 Å². The van der Waals surface area contributed by atoms with Crippen LogP contribution in [-0.2, 0) is 15.3 Å². The Morgan fingerprint density at radius 2 is 2.24 bits per heavy atom. The quantitative estimate of drug-likeness (QED) is 0.576. The van der Waals surface area contributed by atoms with E-state index in [9.17, 15) is 9.59 Å². The van der Waals surface area contributed by atoms with Crippen LogP contribution < -0.4 is 4.74 Å². The van der Waals surface area contributed by atoms with Crippen molar-refractivity contribution in [3.05, 3.63) is 29.5 Å². The van der Waals surface area contributed by atoms with Gasteiger partial charge in [-0.1, -0.05) is 23.5 Å². The largest absolute Gasteiger partial charge is 0.462 e. The molecule has 0 atom stereocenters. The number of esters is 2. The lowest BCUT2D eigenvalue weighted by molar-refractivity contribution is -0.131. The van der Waals surface area contributed by atoms with Crippen LogP contribution in [0.5, 0.6) is 5.75 Å². The van der Waals surface area contributed by atoms with Gasteiger partial charge in [0.25, 0.3) is 0 Å². The topological polar surface area (TPSA) is 78.1 Å². The van der Waals surface area contributed by atoms with Crippen LogP contribution in [0.2, 0.25) is 0 Å². The summed E-state index contributed by atoms with van der Waals surface area (Å²) in [6.07, 6.45) is 0. The molecule has 8 heteroatoms. The lowest BCUT2D eigenvalue weighted by Gasteiger charge is -2.04. The van der Waals surface area contributed by atoms with Gasteiger partial charge < -0.3 is 13.9 Å². The number of ether oxygens (including phenoxy) is 2. The van der Waals surface area contributed by atoms with E-state index < -0.39 is 11.9 Å². The lowest BCUT2D eigenvalue weighted by Crippen LogP contribution is -2.06. The first kappa shape index (κ1) is 17.9. The van der Waals surface area contributed by atoms with E-state index >= 15 is 0 Å². The molecule has 25 heavy (non-hydrogen) atoms. The molecule has 0 unspecified atom stereocenters. The molecule has 1 aliphatic heterocycles. The Balaban J connectivity index is 1.97. The summed E-state index contributed by atoms with van der Waals surface area (Å²) < 4.78 is 17.1. The van der Waals surface area contributed by atoms with Crippen molar-refractivity contribution in [2.75, 3.05) is 18.9 Å². The number of nitrogens with zero attached hydrogens (tertiary/aromatic N) is 1. The predicted octanol–water partition coefficient (Wildman–Crippen LogP) is 3.87. The number of furan rings is 1. The van der Waals surface area contributed by atoms with Crippen molar-refractivity contribution >= 4 is 50.8 Å². The fourth-order valence-corrected chi connectivity index (χ4v) is 4.36. The monoisotopic (exact) mass is 379 g/mol. The highest BCUT2D eigenvalue weighted by Crippen LogP contribution is 2.34. The molecule has 0 bridgehead atoms. The highest BCUT2D eigenvalue weighted by atomic mass is 32.2. The normalized spacial score (nSPS) is 13.8. The van der Waals surface area contributed by atoms with Crippen LogP contribution in [0.1, 0.15) is 30.0 Å². The number of hydrogen-bond donors (Lipinski definition) is 0. The molecule has 0 N–H and O–H groups in total. The van der Waals surface area contributed by atoms with E-state index in [1.54, 1.807) is 48.6 Å². The first-order valence-electron chi connectivity index (χ1n) is 7.79. The van der Waals surface area contributed by atoms with E-state index in [0.717, 1.165) is 16.7 Å². The number of carbonyl (C=O) groups is 2. The van der Waals surface area contributed by atoms with Gasteiger partial charge in [-0.3, -0.25) is 9.79 Å². The van der Waals surface area contributed by atoms with Crippen molar-refractivity contribution in [2.24, 2.45) is 4.99 Å². The number of aliphatic imine (C=N–C) groups is 1. The molecule has 2 heterocycles. The highest BCUT2D eigenvalue weighted by molar-refractivity contribution is 8.38. The molecule has 3 rings (SSSR count). The summed E-state index contributed by atoms with van der Waals surface area (Å²) in [5.41, 5.74) is 0.928. The molecule has 1 aromatic heterocycles. The Kier molecular flexibility index (Phi) is 5.70. The van der Waals surface area contributed by atoms with E-state index in [2.05, 4.69) is 4.99 Å². The minimum Gasteiger partial charge on any atom is -0.462 e. The average molecular weight is 379 g/mol. The highest BCUT2D eigenvalue weighted by Gasteiger charge is 2.23. The standard InChI is InChI=1S/C17H17NO5S2/c1-3-21-16(20)15-12-8-11(22-10(2)19)4-5-13(12)23-14(15)9-25-17-18-6-7-24-17/h4-5,8H,3,6-7,9H2,1-2H3. The minimum absolute atomic E-state index is 0.268. The van der Waals surface area contributed by atoms with Gasteiger partial charge in [0.15, 0.2) is 0 Å². The van der Waals surface area contributed by atoms with Gasteiger partial charge in [-0.2, -0.15) is 0 Å². The van der Waals surface area contributed by atoms with Gasteiger partial charge in [-0.05, 0) is 25.1 Å². The molecular formula is C17H17NO5S2. The van der Waals surface area contributed by atoms with Crippen molar-refractivity contribution in [1.82, 2.24) is 0 Å². The number of rotatable bonds is 5. The summed E-state index contributed by atoms with van der Waals surface area (Å²) in [5.74, 6) is 1.50. The summed E-state index contributed by atoms with van der Waals surface area (Å²) in [7, 11) is 0. The van der Waals surface area contributed by atoms with E-state index in [4.69, 9.17) is 13.9 Å². The Bertz CT molecular complexity index is 843. The van der Waals surface area contributed by atoms with E-state index in [-0.39, 0.29) is 6.61 Å². The van der Waals surface area contributed by atoms with Gasteiger partial charge in [0, 0.05) is 18.1 Å². The van der Waals surface area contributed by atoms with Crippen LogP contribution in [0.4, 0.5) is 0 Å². The molecule has 0 amide bonds. The van der Waals surface area contributed by atoms with Crippen LogP contribution in [0, 0.1) is 0 Å². The smallest absolute Gasteiger partial charge is 0.342 e. The lowest BCUT2D eigenvalue weighted by atomic mass is 10.1. The first-order valence-corrected chi connectivity index (χ1v) is 9.76. The van der Waals surface area contributed by atoms with Crippen LogP contribution in [0.25, 0.3) is 11.0 Å². The van der Waals surface area contributed by atoms with Gasteiger partial charge in [0.1, 0.15) is 27.0 Å². The second-order valence-corrected chi connectivity index (χ2v) is 7.46. The van der Waals surface area contributed by atoms with Crippen LogP contribution in [0.15, 0.2) is 27.6 Å². The number of fused-ring (bicyclic) bond motifs is 1. The third-order valence-electron chi connectivity index (χ3n) is 3.36. The maximum Gasteiger partial charge on any atom is 0.342 e. The molecule has 0 spiro atoms. The zero-order valence-electron chi connectivity index (χ0n) is 13.9. The fraction of sp³-hybridized carbons (Fsp3) is 0.353. The molecule has 1 aliphatic rings. The van der Waals surface area contributed by atoms with Crippen molar-refractivity contribution in [2.45, 2.75) is 19.6 Å². The SMILES string of the molecule is CCOC(=O)c1c(CSC2=NCCS2)oc2ccc(OC(C)=O)cc12. The summed E-state index contributed by atoms with van der Waals surface area (Å²) in [4.78, 5) is 28.0. The molecule has 0 fully saturated rings. The summed E-state index contributed by atoms with van der Waals surface area (Å²) in [5, 5.41) is 0.578. The summed E-state index contributed by atoms with van der Waals surface area (Å²) >= 11 is 3.24. The zero-order valence-corrected chi connectivity index (χ0v) is 15.5. The first-order chi connectivity index (χ1) is 12.1. The molecule has 0 saturated carbocycles. The third kappa shape index (κ3) is 4.19. The molecule has 2 aromatic rings. The third-order valence-corrected chi connectivity index (χ3v) is 5.61. The molecular weight excluding hydrogens is 362 g/mol. The van der Waals surface area contributed by atoms with Crippen molar-refractivity contribution in [3.8, 4) is 5.75 Å². The van der Waals surface area contributed by atoms with Crippen LogP contribution in [0.3, 0.4) is 0 Å². The van der Waals surface area contributed by atoms with E-state index in [0.29, 0.717) is 33.8 Å². The number of hydrogen-bond acceptors (Lipinski definition) is 8. The number of benzene rings is 1. The molecule has 0 aliphatic carbocycles. The molecule has 6 nitrogen and oxygen atoms in total. The molecule has 132 valence electrons. The second kappa shape index (κ2) is 7.97. The van der Waals surface area contributed by atoms with Crippen LogP contribution in [-0.4, -0.2) is 35.2 Å².